The first-order chi connectivity index (χ1) is 15.1. The summed E-state index contributed by atoms with van der Waals surface area (Å²) >= 11 is 0. The number of carbonyl (C=O) groups excluding carboxylic acids is 1. The fourth-order valence-corrected chi connectivity index (χ4v) is 4.06. The van der Waals surface area contributed by atoms with Gasteiger partial charge in [0.15, 0.2) is 0 Å². The first-order valence-corrected chi connectivity index (χ1v) is 11.1. The van der Waals surface area contributed by atoms with Gasteiger partial charge in [-0.05, 0) is 17.5 Å². The summed E-state index contributed by atoms with van der Waals surface area (Å²) in [6, 6.07) is 23.3. The van der Waals surface area contributed by atoms with Crippen LogP contribution in [0.5, 0.6) is 0 Å². The zero-order valence-corrected chi connectivity index (χ0v) is 18.6. The number of unbranched alkanes of at least 4 members (excludes halogenated alkanes) is 1. The van der Waals surface area contributed by atoms with Crippen molar-refractivity contribution in [1.29, 1.82) is 5.26 Å². The fourth-order valence-electron chi connectivity index (χ4n) is 4.06. The number of amides is 1. The molecule has 0 atom stereocenters. The van der Waals surface area contributed by atoms with Crippen molar-refractivity contribution in [2.45, 2.75) is 25.8 Å². The van der Waals surface area contributed by atoms with E-state index < -0.39 is 0 Å². The summed E-state index contributed by atoms with van der Waals surface area (Å²) in [6.07, 6.45) is 3.82. The normalized spacial score (nSPS) is 15.0. The quantitative estimate of drug-likeness (QED) is 0.481. The van der Waals surface area contributed by atoms with E-state index in [0.717, 1.165) is 32.5 Å². The average molecular weight is 417 g/mol. The molecule has 0 saturated carbocycles. The topological polar surface area (TPSA) is 50.6 Å². The summed E-state index contributed by atoms with van der Waals surface area (Å²) in [5.41, 5.74) is 2.72. The van der Waals surface area contributed by atoms with Gasteiger partial charge in [0.2, 0.25) is 0 Å². The maximum atomic E-state index is 12.9. The third kappa shape index (κ3) is 5.96. The summed E-state index contributed by atoms with van der Waals surface area (Å²) in [5, 5.41) is 9.54. The number of nitrogens with zero attached hydrogens (tertiary/aromatic N) is 4. The Morgan fingerprint density at radius 2 is 1.58 bits per heavy atom. The van der Waals surface area contributed by atoms with Gasteiger partial charge in [0.25, 0.3) is 5.91 Å². The Hall–Kier alpha value is -3.10. The van der Waals surface area contributed by atoms with Crippen molar-refractivity contribution in [1.82, 2.24) is 14.7 Å². The molecular formula is C26H32N4O. The van der Waals surface area contributed by atoms with Crippen LogP contribution in [0.1, 0.15) is 36.9 Å². The molecule has 2 aromatic rings. The van der Waals surface area contributed by atoms with Crippen molar-refractivity contribution in [2.75, 3.05) is 39.8 Å². The van der Waals surface area contributed by atoms with E-state index in [9.17, 15) is 10.1 Å². The van der Waals surface area contributed by atoms with Crippen LogP contribution in [0.3, 0.4) is 0 Å². The Bertz CT molecular complexity index is 857. The number of hydrogen-bond acceptors (Lipinski definition) is 4. The van der Waals surface area contributed by atoms with Crippen LogP contribution in [0.25, 0.3) is 0 Å². The van der Waals surface area contributed by atoms with E-state index in [0.29, 0.717) is 13.1 Å². The second-order valence-corrected chi connectivity index (χ2v) is 8.04. The summed E-state index contributed by atoms with van der Waals surface area (Å²) in [4.78, 5) is 19.1. The lowest BCUT2D eigenvalue weighted by atomic mass is 9.96. The van der Waals surface area contributed by atoms with Crippen molar-refractivity contribution in [3.63, 3.8) is 0 Å². The molecular weight excluding hydrogens is 384 g/mol. The monoisotopic (exact) mass is 416 g/mol. The molecule has 1 saturated heterocycles. The van der Waals surface area contributed by atoms with Crippen LogP contribution in [0.2, 0.25) is 0 Å². The fraction of sp³-hybridized carbons (Fsp3) is 0.385. The van der Waals surface area contributed by atoms with Gasteiger partial charge < -0.3 is 9.80 Å². The van der Waals surface area contributed by atoms with Gasteiger partial charge in [-0.2, -0.15) is 5.26 Å². The van der Waals surface area contributed by atoms with Gasteiger partial charge in [0, 0.05) is 46.0 Å². The highest BCUT2D eigenvalue weighted by Gasteiger charge is 2.29. The van der Waals surface area contributed by atoms with Gasteiger partial charge in [-0.15, -0.1) is 0 Å². The minimum atomic E-state index is -0.165. The van der Waals surface area contributed by atoms with E-state index in [1.165, 1.54) is 11.1 Å². The standard InChI is InChI=1S/C26H32N4O/c1-3-4-15-28(2)21-24(20-27)26(31)30-18-16-29(17-19-30)25(22-11-7-5-8-12-22)23-13-9-6-10-14-23/h5-14,21,25H,3-4,15-19H2,1-2H3/b24-21-. The van der Waals surface area contributed by atoms with Crippen LogP contribution in [0, 0.1) is 11.3 Å². The van der Waals surface area contributed by atoms with E-state index in [-0.39, 0.29) is 17.5 Å². The molecule has 1 fully saturated rings. The van der Waals surface area contributed by atoms with Crippen LogP contribution in [-0.4, -0.2) is 60.4 Å². The van der Waals surface area contributed by atoms with E-state index in [2.05, 4.69) is 66.4 Å². The van der Waals surface area contributed by atoms with Crippen LogP contribution >= 0.6 is 0 Å². The Labute approximate surface area is 186 Å². The lowest BCUT2D eigenvalue weighted by molar-refractivity contribution is -0.128. The van der Waals surface area contributed by atoms with E-state index in [1.807, 2.05) is 29.0 Å². The van der Waals surface area contributed by atoms with Gasteiger partial charge in [-0.1, -0.05) is 74.0 Å². The molecule has 5 heteroatoms. The molecule has 2 aromatic carbocycles. The summed E-state index contributed by atoms with van der Waals surface area (Å²) < 4.78 is 0. The Kier molecular flexibility index (Phi) is 8.26. The Morgan fingerprint density at radius 3 is 2.06 bits per heavy atom. The first-order valence-electron chi connectivity index (χ1n) is 11.1. The number of rotatable bonds is 8. The first kappa shape index (κ1) is 22.6. The van der Waals surface area contributed by atoms with Crippen molar-refractivity contribution in [2.24, 2.45) is 0 Å². The summed E-state index contributed by atoms with van der Waals surface area (Å²) in [5.74, 6) is -0.165. The van der Waals surface area contributed by atoms with Gasteiger partial charge in [-0.3, -0.25) is 9.69 Å². The maximum absolute atomic E-state index is 12.9. The molecule has 0 bridgehead atoms. The molecule has 1 aliphatic heterocycles. The number of piperazine rings is 1. The molecule has 0 spiro atoms. The highest BCUT2D eigenvalue weighted by Crippen LogP contribution is 2.29. The minimum absolute atomic E-state index is 0.158. The van der Waals surface area contributed by atoms with Gasteiger partial charge in [0.1, 0.15) is 11.6 Å². The van der Waals surface area contributed by atoms with Crippen LogP contribution in [-0.2, 0) is 4.79 Å². The third-order valence-corrected chi connectivity index (χ3v) is 5.76. The van der Waals surface area contributed by atoms with Crippen molar-refractivity contribution in [3.05, 3.63) is 83.6 Å². The molecule has 0 radical (unpaired) electrons. The Balaban J connectivity index is 1.70. The van der Waals surface area contributed by atoms with Gasteiger partial charge >= 0.3 is 0 Å². The highest BCUT2D eigenvalue weighted by atomic mass is 16.2. The number of benzene rings is 2. The lowest BCUT2D eigenvalue weighted by Crippen LogP contribution is -2.50. The van der Waals surface area contributed by atoms with E-state index in [1.54, 1.807) is 6.20 Å². The summed E-state index contributed by atoms with van der Waals surface area (Å²) in [7, 11) is 1.92. The predicted molar refractivity (Wildman–Crippen MR) is 124 cm³/mol. The van der Waals surface area contributed by atoms with E-state index in [4.69, 9.17) is 0 Å². The average Bonchev–Trinajstić information content (AvgIpc) is 2.83. The number of carbonyl (C=O) groups is 1. The molecule has 0 aromatic heterocycles. The molecule has 0 unspecified atom stereocenters. The predicted octanol–water partition coefficient (Wildman–Crippen LogP) is 4.06. The van der Waals surface area contributed by atoms with Crippen LogP contribution < -0.4 is 0 Å². The Morgan fingerprint density at radius 1 is 1.03 bits per heavy atom. The van der Waals surface area contributed by atoms with Crippen molar-refractivity contribution >= 4 is 5.91 Å². The SMILES string of the molecule is CCCCN(C)/C=C(/C#N)C(=O)N1CCN(C(c2ccccc2)c2ccccc2)CC1. The van der Waals surface area contributed by atoms with Crippen LogP contribution in [0.15, 0.2) is 72.4 Å². The number of hydrogen-bond donors (Lipinski definition) is 0. The molecule has 3 rings (SSSR count). The molecule has 5 nitrogen and oxygen atoms in total. The molecule has 31 heavy (non-hydrogen) atoms. The number of nitriles is 1. The second kappa shape index (κ2) is 11.3. The van der Waals surface area contributed by atoms with Crippen molar-refractivity contribution in [3.8, 4) is 6.07 Å². The smallest absolute Gasteiger partial charge is 0.266 e. The zero-order valence-electron chi connectivity index (χ0n) is 18.6. The molecule has 1 heterocycles. The molecule has 1 amide bonds. The third-order valence-electron chi connectivity index (χ3n) is 5.76. The minimum Gasteiger partial charge on any atom is -0.379 e. The molecule has 1 aliphatic rings. The van der Waals surface area contributed by atoms with Gasteiger partial charge in [0.05, 0.1) is 6.04 Å². The molecule has 162 valence electrons. The second-order valence-electron chi connectivity index (χ2n) is 8.04. The van der Waals surface area contributed by atoms with E-state index >= 15 is 0 Å². The summed E-state index contributed by atoms with van der Waals surface area (Å²) in [6.45, 7) is 5.75. The molecule has 0 aliphatic carbocycles. The maximum Gasteiger partial charge on any atom is 0.266 e. The zero-order chi connectivity index (χ0) is 22.1. The van der Waals surface area contributed by atoms with Crippen molar-refractivity contribution < 1.29 is 4.79 Å². The lowest BCUT2D eigenvalue weighted by Gasteiger charge is -2.39. The highest BCUT2D eigenvalue weighted by molar-refractivity contribution is 5.97. The van der Waals surface area contributed by atoms with Gasteiger partial charge in [-0.25, -0.2) is 0 Å². The molecule has 0 N–H and O–H groups in total. The largest absolute Gasteiger partial charge is 0.379 e. The van der Waals surface area contributed by atoms with Crippen LogP contribution in [0.4, 0.5) is 0 Å².